The number of thiophene rings is 2. The number of ether oxygens (including phenoxy) is 1. The van der Waals surface area contributed by atoms with Crippen LogP contribution in [0.3, 0.4) is 0 Å². The summed E-state index contributed by atoms with van der Waals surface area (Å²) in [5, 5.41) is 8.46. The molecule has 138 valence electrons. The SMILES string of the molecule is Cc1c2c(cc3ccccc13)Oc1c3sc4ccsc4c3cc3cc[n+](C)c-2c13. The normalized spacial score (nSPS) is 12.8. The van der Waals surface area contributed by atoms with E-state index in [1.165, 1.54) is 57.9 Å². The van der Waals surface area contributed by atoms with Crippen LogP contribution in [-0.4, -0.2) is 0 Å². The molecular formula is C25H16NOS2+. The minimum absolute atomic E-state index is 0.959. The van der Waals surface area contributed by atoms with Crippen molar-refractivity contribution in [1.82, 2.24) is 0 Å². The van der Waals surface area contributed by atoms with Crippen molar-refractivity contribution in [2.45, 2.75) is 6.92 Å². The Hall–Kier alpha value is -2.95. The molecule has 1 aliphatic rings. The molecule has 0 spiro atoms. The molecule has 2 nitrogen and oxygen atoms in total. The zero-order chi connectivity index (χ0) is 19.3. The lowest BCUT2D eigenvalue weighted by atomic mass is 9.92. The zero-order valence-corrected chi connectivity index (χ0v) is 17.6. The maximum Gasteiger partial charge on any atom is 0.228 e. The standard InChI is InChI=1S/C25H16NOS2/c1-13-16-6-4-3-5-14(16)12-18-20(13)22-21-15(7-9-26(22)2)11-17-24-19(8-10-28-24)29-25(17)23(21)27-18/h3-12H,1-2H3/q+1. The zero-order valence-electron chi connectivity index (χ0n) is 15.9. The van der Waals surface area contributed by atoms with Gasteiger partial charge in [-0.2, -0.15) is 0 Å². The van der Waals surface area contributed by atoms with Crippen LogP contribution >= 0.6 is 22.7 Å². The molecule has 0 unspecified atom stereocenters. The monoisotopic (exact) mass is 410 g/mol. The van der Waals surface area contributed by atoms with Crippen LogP contribution in [0.2, 0.25) is 0 Å². The fraction of sp³-hybridized carbons (Fsp3) is 0.0800. The van der Waals surface area contributed by atoms with Gasteiger partial charge in [-0.1, -0.05) is 24.3 Å². The van der Waals surface area contributed by atoms with E-state index in [0.717, 1.165) is 11.5 Å². The van der Waals surface area contributed by atoms with E-state index in [9.17, 15) is 0 Å². The number of aromatic nitrogens is 1. The highest BCUT2D eigenvalue weighted by Crippen LogP contribution is 2.53. The first-order chi connectivity index (χ1) is 14.2. The molecule has 7 rings (SSSR count). The highest BCUT2D eigenvalue weighted by Gasteiger charge is 2.32. The lowest BCUT2D eigenvalue weighted by Gasteiger charge is -2.22. The van der Waals surface area contributed by atoms with Gasteiger partial charge in [-0.15, -0.1) is 22.7 Å². The van der Waals surface area contributed by atoms with Gasteiger partial charge in [0.05, 0.1) is 20.3 Å². The van der Waals surface area contributed by atoms with Gasteiger partial charge in [-0.05, 0) is 52.2 Å². The molecule has 0 saturated carbocycles. The van der Waals surface area contributed by atoms with E-state index in [-0.39, 0.29) is 0 Å². The van der Waals surface area contributed by atoms with E-state index < -0.39 is 0 Å². The summed E-state index contributed by atoms with van der Waals surface area (Å²) in [5.74, 6) is 1.97. The molecule has 0 atom stereocenters. The third-order valence-electron chi connectivity index (χ3n) is 6.14. The highest BCUT2D eigenvalue weighted by atomic mass is 32.1. The van der Waals surface area contributed by atoms with E-state index in [4.69, 9.17) is 4.74 Å². The van der Waals surface area contributed by atoms with Crippen LogP contribution in [0.25, 0.3) is 52.3 Å². The Labute approximate surface area is 175 Å². The summed E-state index contributed by atoms with van der Waals surface area (Å²) < 4.78 is 12.9. The van der Waals surface area contributed by atoms with Gasteiger partial charge in [0.25, 0.3) is 0 Å². The molecule has 0 radical (unpaired) electrons. The summed E-state index contributed by atoms with van der Waals surface area (Å²) in [5.41, 5.74) is 3.74. The van der Waals surface area contributed by atoms with Crippen LogP contribution in [-0.2, 0) is 7.05 Å². The van der Waals surface area contributed by atoms with E-state index >= 15 is 0 Å². The topological polar surface area (TPSA) is 13.1 Å². The van der Waals surface area contributed by atoms with Crippen molar-refractivity contribution < 1.29 is 9.30 Å². The number of benzene rings is 3. The van der Waals surface area contributed by atoms with Crippen molar-refractivity contribution in [2.24, 2.45) is 7.05 Å². The first-order valence-corrected chi connectivity index (χ1v) is 11.4. The summed E-state index contributed by atoms with van der Waals surface area (Å²) in [4.78, 5) is 0. The van der Waals surface area contributed by atoms with Gasteiger partial charge >= 0.3 is 0 Å². The van der Waals surface area contributed by atoms with Gasteiger partial charge in [0, 0.05) is 16.2 Å². The molecule has 6 aromatic rings. The summed E-state index contributed by atoms with van der Waals surface area (Å²) in [6.07, 6.45) is 2.18. The first kappa shape index (κ1) is 15.9. The second kappa shape index (κ2) is 5.35. The molecule has 0 N–H and O–H groups in total. The van der Waals surface area contributed by atoms with Crippen LogP contribution in [0.15, 0.2) is 60.1 Å². The molecule has 0 amide bonds. The third-order valence-corrected chi connectivity index (χ3v) is 8.39. The van der Waals surface area contributed by atoms with Crippen molar-refractivity contribution in [3.63, 3.8) is 0 Å². The minimum Gasteiger partial charge on any atom is -0.454 e. The molecular weight excluding hydrogens is 394 g/mol. The Morgan fingerprint density at radius 1 is 0.931 bits per heavy atom. The van der Waals surface area contributed by atoms with Gasteiger partial charge in [0.1, 0.15) is 12.8 Å². The number of hydrogen-bond acceptors (Lipinski definition) is 3. The number of aryl methyl sites for hydroxylation is 2. The first-order valence-electron chi connectivity index (χ1n) is 9.66. The van der Waals surface area contributed by atoms with Crippen molar-refractivity contribution in [2.75, 3.05) is 0 Å². The molecule has 0 aliphatic carbocycles. The average Bonchev–Trinajstić information content (AvgIpc) is 3.32. The summed E-state index contributed by atoms with van der Waals surface area (Å²) in [6.45, 7) is 2.22. The Morgan fingerprint density at radius 3 is 2.76 bits per heavy atom. The van der Waals surface area contributed by atoms with Crippen LogP contribution in [0, 0.1) is 6.92 Å². The molecule has 1 aliphatic heterocycles. The lowest BCUT2D eigenvalue weighted by molar-refractivity contribution is -0.659. The van der Waals surface area contributed by atoms with Crippen LogP contribution < -0.4 is 9.30 Å². The van der Waals surface area contributed by atoms with Crippen molar-refractivity contribution >= 4 is 63.7 Å². The van der Waals surface area contributed by atoms with E-state index in [1.54, 1.807) is 0 Å². The fourth-order valence-electron chi connectivity index (χ4n) is 4.81. The van der Waals surface area contributed by atoms with Gasteiger partial charge < -0.3 is 4.74 Å². The van der Waals surface area contributed by atoms with Crippen LogP contribution in [0.5, 0.6) is 11.5 Å². The van der Waals surface area contributed by atoms with E-state index in [0.29, 0.717) is 0 Å². The Bertz CT molecular complexity index is 1650. The summed E-state index contributed by atoms with van der Waals surface area (Å²) in [7, 11) is 2.14. The largest absolute Gasteiger partial charge is 0.454 e. The maximum atomic E-state index is 6.71. The smallest absolute Gasteiger partial charge is 0.228 e. The Morgan fingerprint density at radius 2 is 1.83 bits per heavy atom. The van der Waals surface area contributed by atoms with Gasteiger partial charge in [0.15, 0.2) is 11.9 Å². The number of nitrogens with zero attached hydrogens (tertiary/aromatic N) is 1. The lowest BCUT2D eigenvalue weighted by Crippen LogP contribution is -2.31. The molecule has 3 aromatic carbocycles. The molecule has 3 aromatic heterocycles. The minimum atomic E-state index is 0.959. The number of pyridine rings is 1. The van der Waals surface area contributed by atoms with Gasteiger partial charge in [-0.25, -0.2) is 4.57 Å². The van der Waals surface area contributed by atoms with Gasteiger partial charge in [-0.3, -0.25) is 0 Å². The van der Waals surface area contributed by atoms with Crippen molar-refractivity contribution in [3.05, 3.63) is 65.7 Å². The summed E-state index contributed by atoms with van der Waals surface area (Å²) in [6, 6.07) is 17.6. The third kappa shape index (κ3) is 1.93. The van der Waals surface area contributed by atoms with E-state index in [2.05, 4.69) is 78.6 Å². The van der Waals surface area contributed by atoms with Crippen molar-refractivity contribution in [3.8, 4) is 22.8 Å². The van der Waals surface area contributed by atoms with Gasteiger partial charge in [0.2, 0.25) is 5.69 Å². The number of fused-ring (bicyclic) bond motifs is 7. The highest BCUT2D eigenvalue weighted by molar-refractivity contribution is 7.32. The quantitative estimate of drug-likeness (QED) is 0.239. The predicted octanol–water partition coefficient (Wildman–Crippen LogP) is 7.33. The summed E-state index contributed by atoms with van der Waals surface area (Å²) >= 11 is 3.66. The fourth-order valence-corrected chi connectivity index (χ4v) is 7.11. The Kier molecular flexibility index (Phi) is 2.93. The molecule has 4 heteroatoms. The molecule has 4 heterocycles. The number of rotatable bonds is 0. The maximum absolute atomic E-state index is 6.71. The van der Waals surface area contributed by atoms with E-state index in [1.807, 2.05) is 22.7 Å². The van der Waals surface area contributed by atoms with Crippen LogP contribution in [0.1, 0.15) is 5.56 Å². The predicted molar refractivity (Wildman–Crippen MR) is 124 cm³/mol. The number of hydrogen-bond donors (Lipinski definition) is 0. The molecule has 0 bridgehead atoms. The average molecular weight is 411 g/mol. The van der Waals surface area contributed by atoms with Crippen LogP contribution in [0.4, 0.5) is 0 Å². The second-order valence-electron chi connectivity index (χ2n) is 7.74. The van der Waals surface area contributed by atoms with Crippen molar-refractivity contribution in [1.29, 1.82) is 0 Å². The second-order valence-corrected chi connectivity index (χ2v) is 9.70. The molecule has 0 saturated heterocycles. The molecule has 0 fully saturated rings. The Balaban J connectivity index is 1.73. The molecule has 29 heavy (non-hydrogen) atoms.